The molecule has 1 saturated heterocycles. The number of carboxylic acid groups (broad SMARTS) is 1. The molecule has 6 heteroatoms. The molecular weight excluding hydrogens is 296 g/mol. The van der Waals surface area contributed by atoms with Crippen molar-refractivity contribution in [2.45, 2.75) is 33.6 Å². The molecule has 0 radical (unpaired) electrons. The van der Waals surface area contributed by atoms with Gasteiger partial charge in [-0.1, -0.05) is 13.0 Å². The fourth-order valence-electron chi connectivity index (χ4n) is 2.57. The molecule has 6 nitrogen and oxygen atoms in total. The van der Waals surface area contributed by atoms with E-state index in [0.29, 0.717) is 31.0 Å². The smallest absolute Gasteiger partial charge is 0.321 e. The predicted octanol–water partition coefficient (Wildman–Crippen LogP) is 3.11. The Labute approximate surface area is 136 Å². The molecule has 0 spiro atoms. The number of nitrogens with zero attached hydrogens (tertiary/aromatic N) is 1. The van der Waals surface area contributed by atoms with Crippen LogP contribution in [0.4, 0.5) is 10.5 Å². The number of anilines is 1. The van der Waals surface area contributed by atoms with Crippen molar-refractivity contribution in [1.82, 2.24) is 4.90 Å². The lowest BCUT2D eigenvalue weighted by molar-refractivity contribution is -0.146. The van der Waals surface area contributed by atoms with Crippen molar-refractivity contribution in [2.75, 3.05) is 25.0 Å². The summed E-state index contributed by atoms with van der Waals surface area (Å²) in [5.41, 5.74) is 0.790. The average molecular weight is 320 g/mol. The van der Waals surface area contributed by atoms with Gasteiger partial charge in [-0.3, -0.25) is 4.79 Å². The van der Waals surface area contributed by atoms with Crippen molar-refractivity contribution in [2.24, 2.45) is 5.41 Å². The van der Waals surface area contributed by atoms with Gasteiger partial charge in [0.15, 0.2) is 0 Å². The van der Waals surface area contributed by atoms with Crippen molar-refractivity contribution in [3.8, 4) is 5.75 Å². The summed E-state index contributed by atoms with van der Waals surface area (Å²) >= 11 is 0. The summed E-state index contributed by atoms with van der Waals surface area (Å²) in [5.74, 6) is -0.226. The summed E-state index contributed by atoms with van der Waals surface area (Å²) in [5, 5.41) is 12.1. The second-order valence-electron chi connectivity index (χ2n) is 6.32. The number of benzene rings is 1. The molecule has 0 aliphatic carbocycles. The van der Waals surface area contributed by atoms with Gasteiger partial charge in [0.2, 0.25) is 0 Å². The van der Waals surface area contributed by atoms with E-state index in [1.165, 1.54) is 4.90 Å². The highest BCUT2D eigenvalue weighted by atomic mass is 16.5. The normalized spacial score (nSPS) is 20.4. The van der Waals surface area contributed by atoms with Crippen molar-refractivity contribution in [3.05, 3.63) is 23.8 Å². The summed E-state index contributed by atoms with van der Waals surface area (Å²) in [7, 11) is 0. The molecule has 2 amide bonds. The van der Waals surface area contributed by atoms with Gasteiger partial charge in [0, 0.05) is 13.1 Å². The third-order valence-corrected chi connectivity index (χ3v) is 4.12. The number of carboxylic acids is 1. The highest BCUT2D eigenvalue weighted by molar-refractivity contribution is 5.92. The molecule has 1 aliphatic rings. The van der Waals surface area contributed by atoms with E-state index in [4.69, 9.17) is 4.74 Å². The van der Waals surface area contributed by atoms with E-state index < -0.39 is 11.4 Å². The lowest BCUT2D eigenvalue weighted by Gasteiger charge is -2.21. The minimum atomic E-state index is -0.869. The Hall–Kier alpha value is -2.24. The second-order valence-corrected chi connectivity index (χ2v) is 6.32. The first-order valence-electron chi connectivity index (χ1n) is 7.88. The maximum atomic E-state index is 12.4. The second kappa shape index (κ2) is 6.89. The van der Waals surface area contributed by atoms with Gasteiger partial charge >= 0.3 is 12.0 Å². The van der Waals surface area contributed by atoms with Crippen LogP contribution in [0.15, 0.2) is 18.2 Å². The van der Waals surface area contributed by atoms with Crippen molar-refractivity contribution in [3.63, 3.8) is 0 Å². The molecule has 1 heterocycles. The molecule has 1 fully saturated rings. The van der Waals surface area contributed by atoms with Gasteiger partial charge in [-0.25, -0.2) is 4.79 Å². The number of carbonyl (C=O) groups is 2. The van der Waals surface area contributed by atoms with Gasteiger partial charge < -0.3 is 20.1 Å². The van der Waals surface area contributed by atoms with Crippen molar-refractivity contribution < 1.29 is 19.4 Å². The zero-order valence-electron chi connectivity index (χ0n) is 13.9. The number of nitrogens with one attached hydrogen (secondary N) is 1. The monoisotopic (exact) mass is 320 g/mol. The first-order chi connectivity index (χ1) is 10.9. The van der Waals surface area contributed by atoms with Crippen LogP contribution in [0, 0.1) is 12.3 Å². The van der Waals surface area contributed by atoms with E-state index in [1.807, 2.05) is 32.0 Å². The average Bonchev–Trinajstić information content (AvgIpc) is 2.91. The number of likely N-dealkylation sites (tertiary alicyclic amines) is 1. The Morgan fingerprint density at radius 3 is 2.78 bits per heavy atom. The van der Waals surface area contributed by atoms with E-state index in [0.717, 1.165) is 12.0 Å². The molecule has 1 unspecified atom stereocenters. The third-order valence-electron chi connectivity index (χ3n) is 4.12. The zero-order valence-corrected chi connectivity index (χ0v) is 13.9. The Kier molecular flexibility index (Phi) is 5.13. The van der Waals surface area contributed by atoms with Gasteiger partial charge in [-0.05, 0) is 44.4 Å². The first kappa shape index (κ1) is 17.1. The third kappa shape index (κ3) is 3.94. The van der Waals surface area contributed by atoms with Crippen molar-refractivity contribution >= 4 is 17.7 Å². The van der Waals surface area contributed by atoms with Gasteiger partial charge in [-0.2, -0.15) is 0 Å². The lowest BCUT2D eigenvalue weighted by Crippen LogP contribution is -2.37. The Bertz CT molecular complexity index is 602. The lowest BCUT2D eigenvalue weighted by atomic mass is 9.90. The van der Waals surface area contributed by atoms with Crippen LogP contribution in [0.5, 0.6) is 5.75 Å². The summed E-state index contributed by atoms with van der Waals surface area (Å²) in [6.45, 7) is 6.88. The quantitative estimate of drug-likeness (QED) is 0.873. The van der Waals surface area contributed by atoms with Crippen LogP contribution >= 0.6 is 0 Å². The minimum Gasteiger partial charge on any atom is -0.491 e. The number of aryl methyl sites for hydroxylation is 1. The molecule has 1 aromatic carbocycles. The largest absolute Gasteiger partial charge is 0.491 e. The Morgan fingerprint density at radius 1 is 1.43 bits per heavy atom. The summed E-state index contributed by atoms with van der Waals surface area (Å²) in [4.78, 5) is 25.2. The maximum absolute atomic E-state index is 12.4. The zero-order chi connectivity index (χ0) is 17.0. The number of urea groups is 1. The Morgan fingerprint density at radius 2 is 2.17 bits per heavy atom. The van der Waals surface area contributed by atoms with Crippen LogP contribution in [0.3, 0.4) is 0 Å². The number of hydrogen-bond donors (Lipinski definition) is 2. The molecule has 23 heavy (non-hydrogen) atoms. The van der Waals surface area contributed by atoms with Gasteiger partial charge in [0.1, 0.15) is 5.75 Å². The van der Waals surface area contributed by atoms with Crippen LogP contribution in [-0.4, -0.2) is 41.7 Å². The summed E-state index contributed by atoms with van der Waals surface area (Å²) in [6.07, 6.45) is 1.34. The summed E-state index contributed by atoms with van der Waals surface area (Å²) in [6, 6.07) is 5.31. The van der Waals surface area contributed by atoms with Crippen LogP contribution < -0.4 is 10.1 Å². The summed E-state index contributed by atoms with van der Waals surface area (Å²) < 4.78 is 5.68. The fraction of sp³-hybridized carbons (Fsp3) is 0.529. The van der Waals surface area contributed by atoms with E-state index in [9.17, 15) is 14.7 Å². The number of amides is 2. The number of carbonyl (C=O) groups excluding carboxylic acids is 1. The van der Waals surface area contributed by atoms with Crippen molar-refractivity contribution in [1.29, 1.82) is 0 Å². The maximum Gasteiger partial charge on any atom is 0.321 e. The molecule has 0 saturated carbocycles. The van der Waals surface area contributed by atoms with E-state index >= 15 is 0 Å². The molecule has 1 aliphatic heterocycles. The minimum absolute atomic E-state index is 0.213. The first-order valence-corrected chi connectivity index (χ1v) is 7.88. The van der Waals surface area contributed by atoms with Crippen LogP contribution in [0.1, 0.15) is 32.3 Å². The van der Waals surface area contributed by atoms with Gasteiger partial charge in [-0.15, -0.1) is 0 Å². The van der Waals surface area contributed by atoms with Crippen LogP contribution in [-0.2, 0) is 4.79 Å². The molecule has 1 aromatic rings. The predicted molar refractivity (Wildman–Crippen MR) is 87.9 cm³/mol. The highest BCUT2D eigenvalue weighted by Crippen LogP contribution is 2.31. The molecular formula is C17H24N2O4. The SMILES string of the molecule is CCCOc1cc(C)ccc1NC(=O)N1CCC(C)(C(=O)O)C1. The van der Waals surface area contributed by atoms with Gasteiger partial charge in [0.05, 0.1) is 17.7 Å². The topological polar surface area (TPSA) is 78.9 Å². The molecule has 2 rings (SSSR count). The molecule has 0 aromatic heterocycles. The fourth-order valence-corrected chi connectivity index (χ4v) is 2.57. The molecule has 2 N–H and O–H groups in total. The van der Waals surface area contributed by atoms with E-state index in [2.05, 4.69) is 5.32 Å². The van der Waals surface area contributed by atoms with E-state index in [1.54, 1.807) is 6.92 Å². The molecule has 1 atom stereocenters. The van der Waals surface area contributed by atoms with Crippen LogP contribution in [0.2, 0.25) is 0 Å². The standard InChI is InChI=1S/C17H24N2O4/c1-4-9-23-14-10-12(2)5-6-13(14)18-16(22)19-8-7-17(3,11-19)15(20)21/h5-6,10H,4,7-9,11H2,1-3H3,(H,18,22)(H,20,21). The molecule has 0 bridgehead atoms. The number of rotatable bonds is 5. The van der Waals surface area contributed by atoms with Gasteiger partial charge in [0.25, 0.3) is 0 Å². The number of ether oxygens (including phenoxy) is 1. The van der Waals surface area contributed by atoms with E-state index in [-0.39, 0.29) is 12.6 Å². The van der Waals surface area contributed by atoms with Crippen LogP contribution in [0.25, 0.3) is 0 Å². The number of hydrogen-bond acceptors (Lipinski definition) is 3. The highest BCUT2D eigenvalue weighted by Gasteiger charge is 2.42. The Balaban J connectivity index is 2.07. The number of aliphatic carboxylic acids is 1. The molecule has 126 valence electrons.